The minimum Gasteiger partial charge on any atom is -0.497 e. The van der Waals surface area contributed by atoms with Crippen LogP contribution in [0.4, 0.5) is 0 Å². The van der Waals surface area contributed by atoms with Crippen LogP contribution in [0.1, 0.15) is 16.5 Å². The first-order valence-electron chi connectivity index (χ1n) is 5.90. The highest BCUT2D eigenvalue weighted by Gasteiger charge is 2.29. The molecule has 0 saturated heterocycles. The van der Waals surface area contributed by atoms with E-state index in [1.807, 2.05) is 5.38 Å². The van der Waals surface area contributed by atoms with E-state index in [0.29, 0.717) is 22.1 Å². The lowest BCUT2D eigenvalue weighted by Crippen LogP contribution is -2.16. The van der Waals surface area contributed by atoms with E-state index in [1.165, 1.54) is 18.4 Å². The van der Waals surface area contributed by atoms with Crippen LogP contribution in [0.25, 0.3) is 0 Å². The summed E-state index contributed by atoms with van der Waals surface area (Å²) in [6, 6.07) is 5.30. The summed E-state index contributed by atoms with van der Waals surface area (Å²) in [7, 11) is 4.49. The van der Waals surface area contributed by atoms with Crippen molar-refractivity contribution in [1.82, 2.24) is 4.98 Å². The third-order valence-electron chi connectivity index (χ3n) is 2.88. The van der Waals surface area contributed by atoms with Crippen molar-refractivity contribution in [2.75, 3.05) is 21.3 Å². The van der Waals surface area contributed by atoms with Crippen LogP contribution >= 0.6 is 11.3 Å². The van der Waals surface area contributed by atoms with E-state index in [9.17, 15) is 4.79 Å². The highest BCUT2D eigenvalue weighted by Crippen LogP contribution is 2.36. The molecule has 0 aliphatic rings. The second-order valence-electron chi connectivity index (χ2n) is 3.93. The van der Waals surface area contributed by atoms with Gasteiger partial charge in [-0.2, -0.15) is 0 Å². The lowest BCUT2D eigenvalue weighted by Gasteiger charge is -2.16. The number of esters is 1. The number of carbonyl (C=O) groups is 1. The standard InChI is InChI=1S/C14H15NO4S/c1-17-9-4-5-11(18-2)10(8-9)12(14(16)19-3)13-15-6-7-20-13/h4-8,12H,1-3H3. The second kappa shape index (κ2) is 6.38. The summed E-state index contributed by atoms with van der Waals surface area (Å²) in [6.45, 7) is 0. The number of hydrogen-bond donors (Lipinski definition) is 0. The molecule has 1 aromatic heterocycles. The average Bonchev–Trinajstić information content (AvgIpc) is 3.01. The van der Waals surface area contributed by atoms with Gasteiger partial charge in [0.15, 0.2) is 0 Å². The van der Waals surface area contributed by atoms with Gasteiger partial charge in [-0.1, -0.05) is 0 Å². The van der Waals surface area contributed by atoms with Gasteiger partial charge in [0.1, 0.15) is 22.4 Å². The topological polar surface area (TPSA) is 57.7 Å². The Bertz CT molecular complexity index is 583. The third-order valence-corrected chi connectivity index (χ3v) is 3.72. The fraction of sp³-hybridized carbons (Fsp3) is 0.286. The van der Waals surface area contributed by atoms with Crippen LogP contribution in [0.5, 0.6) is 11.5 Å². The smallest absolute Gasteiger partial charge is 0.320 e. The Labute approximate surface area is 121 Å². The second-order valence-corrected chi connectivity index (χ2v) is 4.86. The van der Waals surface area contributed by atoms with Gasteiger partial charge in [0, 0.05) is 17.1 Å². The number of benzene rings is 1. The fourth-order valence-electron chi connectivity index (χ4n) is 1.92. The van der Waals surface area contributed by atoms with E-state index >= 15 is 0 Å². The van der Waals surface area contributed by atoms with Gasteiger partial charge in [0.05, 0.1) is 21.3 Å². The first-order chi connectivity index (χ1) is 9.71. The van der Waals surface area contributed by atoms with E-state index in [1.54, 1.807) is 38.6 Å². The quantitative estimate of drug-likeness (QED) is 0.793. The highest BCUT2D eigenvalue weighted by molar-refractivity contribution is 7.09. The Kier molecular flexibility index (Phi) is 4.57. The molecule has 0 aliphatic carbocycles. The van der Waals surface area contributed by atoms with Crippen LogP contribution in [0.15, 0.2) is 29.8 Å². The molecule has 2 aromatic rings. The summed E-state index contributed by atoms with van der Waals surface area (Å²) >= 11 is 1.39. The Morgan fingerprint density at radius 2 is 2.05 bits per heavy atom. The summed E-state index contributed by atoms with van der Waals surface area (Å²) < 4.78 is 15.4. The van der Waals surface area contributed by atoms with Crippen molar-refractivity contribution < 1.29 is 19.0 Å². The number of hydrogen-bond acceptors (Lipinski definition) is 6. The SMILES string of the molecule is COC(=O)C(c1nccs1)c1cc(OC)ccc1OC. The maximum Gasteiger partial charge on any atom is 0.320 e. The zero-order valence-electron chi connectivity index (χ0n) is 11.5. The van der Waals surface area contributed by atoms with Gasteiger partial charge in [0.25, 0.3) is 0 Å². The zero-order chi connectivity index (χ0) is 14.5. The Morgan fingerprint density at radius 3 is 2.60 bits per heavy atom. The molecule has 0 aliphatic heterocycles. The molecule has 0 N–H and O–H groups in total. The summed E-state index contributed by atoms with van der Waals surface area (Å²) in [4.78, 5) is 16.3. The molecule has 106 valence electrons. The number of thiazole rings is 1. The lowest BCUT2D eigenvalue weighted by atomic mass is 9.98. The predicted molar refractivity (Wildman–Crippen MR) is 75.5 cm³/mol. The molecule has 0 bridgehead atoms. The van der Waals surface area contributed by atoms with Crippen molar-refractivity contribution in [3.05, 3.63) is 40.3 Å². The van der Waals surface area contributed by atoms with E-state index in [4.69, 9.17) is 14.2 Å². The van der Waals surface area contributed by atoms with Gasteiger partial charge in [-0.05, 0) is 18.2 Å². The largest absolute Gasteiger partial charge is 0.497 e. The minimum atomic E-state index is -0.620. The number of aromatic nitrogens is 1. The molecule has 1 heterocycles. The van der Waals surface area contributed by atoms with Gasteiger partial charge in [-0.25, -0.2) is 4.98 Å². The number of rotatable bonds is 5. The number of nitrogens with zero attached hydrogens (tertiary/aromatic N) is 1. The van der Waals surface area contributed by atoms with E-state index in [0.717, 1.165) is 0 Å². The third kappa shape index (κ3) is 2.75. The zero-order valence-corrected chi connectivity index (χ0v) is 12.3. The molecular formula is C14H15NO4S. The summed E-state index contributed by atoms with van der Waals surface area (Å²) in [6.07, 6.45) is 1.66. The van der Waals surface area contributed by atoms with Crippen LogP contribution in [-0.2, 0) is 9.53 Å². The van der Waals surface area contributed by atoms with E-state index < -0.39 is 5.92 Å². The van der Waals surface area contributed by atoms with Gasteiger partial charge in [-0.15, -0.1) is 11.3 Å². The number of carbonyl (C=O) groups excluding carboxylic acids is 1. The minimum absolute atomic E-state index is 0.383. The molecule has 1 unspecified atom stereocenters. The van der Waals surface area contributed by atoms with Crippen molar-refractivity contribution in [2.45, 2.75) is 5.92 Å². The summed E-state index contributed by atoms with van der Waals surface area (Å²) in [5.41, 5.74) is 0.675. The number of methoxy groups -OCH3 is 3. The van der Waals surface area contributed by atoms with Crippen LogP contribution in [0.3, 0.4) is 0 Å². The number of ether oxygens (including phenoxy) is 3. The molecule has 20 heavy (non-hydrogen) atoms. The molecule has 0 fully saturated rings. The van der Waals surface area contributed by atoms with Crippen molar-refractivity contribution in [3.8, 4) is 11.5 Å². The Morgan fingerprint density at radius 1 is 1.25 bits per heavy atom. The van der Waals surface area contributed by atoms with Crippen LogP contribution in [0.2, 0.25) is 0 Å². The monoisotopic (exact) mass is 293 g/mol. The van der Waals surface area contributed by atoms with Gasteiger partial charge < -0.3 is 14.2 Å². The van der Waals surface area contributed by atoms with Crippen LogP contribution in [0, 0.1) is 0 Å². The predicted octanol–water partition coefficient (Wildman–Crippen LogP) is 2.47. The van der Waals surface area contributed by atoms with Gasteiger partial charge >= 0.3 is 5.97 Å². The van der Waals surface area contributed by atoms with Crippen molar-refractivity contribution in [1.29, 1.82) is 0 Å². The first kappa shape index (κ1) is 14.3. The molecule has 1 atom stereocenters. The molecule has 0 radical (unpaired) electrons. The van der Waals surface area contributed by atoms with Gasteiger partial charge in [0.2, 0.25) is 0 Å². The molecule has 0 spiro atoms. The molecule has 2 rings (SSSR count). The summed E-state index contributed by atoms with van der Waals surface area (Å²) in [5, 5.41) is 2.47. The van der Waals surface area contributed by atoms with Gasteiger partial charge in [-0.3, -0.25) is 4.79 Å². The maximum absolute atomic E-state index is 12.1. The first-order valence-corrected chi connectivity index (χ1v) is 6.78. The maximum atomic E-state index is 12.1. The van der Waals surface area contributed by atoms with Crippen LogP contribution in [-0.4, -0.2) is 32.3 Å². The molecule has 0 saturated carbocycles. The Hall–Kier alpha value is -2.08. The normalized spacial score (nSPS) is 11.8. The lowest BCUT2D eigenvalue weighted by molar-refractivity contribution is -0.141. The average molecular weight is 293 g/mol. The molecule has 0 amide bonds. The molecule has 6 heteroatoms. The van der Waals surface area contributed by atoms with E-state index in [2.05, 4.69) is 4.98 Å². The molecule has 1 aromatic carbocycles. The summed E-state index contributed by atoms with van der Waals surface area (Å²) in [5.74, 6) is 0.235. The highest BCUT2D eigenvalue weighted by atomic mass is 32.1. The van der Waals surface area contributed by atoms with Crippen molar-refractivity contribution in [2.24, 2.45) is 0 Å². The molecular weight excluding hydrogens is 278 g/mol. The van der Waals surface area contributed by atoms with Crippen molar-refractivity contribution in [3.63, 3.8) is 0 Å². The van der Waals surface area contributed by atoms with Crippen LogP contribution < -0.4 is 9.47 Å². The Balaban J connectivity index is 2.55. The fourth-order valence-corrected chi connectivity index (χ4v) is 2.66. The van der Waals surface area contributed by atoms with E-state index in [-0.39, 0.29) is 5.97 Å². The van der Waals surface area contributed by atoms with Crippen molar-refractivity contribution >= 4 is 17.3 Å². The molecule has 5 nitrogen and oxygen atoms in total.